The minimum atomic E-state index is -3.17. The maximum atomic E-state index is 14.6. The number of rotatable bonds is 4. The maximum absolute atomic E-state index is 14.6. The summed E-state index contributed by atoms with van der Waals surface area (Å²) in [5.74, 6) is -2.12. The summed E-state index contributed by atoms with van der Waals surface area (Å²) in [7, 11) is 0. The number of nitriles is 1. The molecule has 0 saturated heterocycles. The Balaban J connectivity index is 2.29. The molecule has 8 nitrogen and oxygen atoms in total. The lowest BCUT2D eigenvalue weighted by molar-refractivity contribution is -0.0168. The fourth-order valence-corrected chi connectivity index (χ4v) is 3.13. The number of primary amides is 1. The van der Waals surface area contributed by atoms with Crippen LogP contribution in [0.3, 0.4) is 0 Å². The second kappa shape index (κ2) is 7.48. The molecule has 11 heteroatoms. The van der Waals surface area contributed by atoms with Crippen LogP contribution in [0.4, 0.5) is 13.2 Å². The van der Waals surface area contributed by atoms with Gasteiger partial charge >= 0.3 is 0 Å². The zero-order chi connectivity index (χ0) is 21.3. The lowest BCUT2D eigenvalue weighted by Crippen LogP contribution is -2.46. The van der Waals surface area contributed by atoms with E-state index in [2.05, 4.69) is 15.0 Å². The van der Waals surface area contributed by atoms with Crippen LogP contribution >= 0.6 is 0 Å². The smallest absolute Gasteiger partial charge is 0.271 e. The van der Waals surface area contributed by atoms with Crippen molar-refractivity contribution in [3.8, 4) is 17.3 Å². The van der Waals surface area contributed by atoms with Gasteiger partial charge in [0.25, 0.3) is 12.3 Å². The summed E-state index contributed by atoms with van der Waals surface area (Å²) < 4.78 is 47.6. The van der Waals surface area contributed by atoms with Crippen LogP contribution in [0.25, 0.3) is 11.3 Å². The van der Waals surface area contributed by atoms with Gasteiger partial charge in [0.1, 0.15) is 35.7 Å². The highest BCUT2D eigenvalue weighted by Gasteiger charge is 2.48. The van der Waals surface area contributed by atoms with Crippen molar-refractivity contribution < 1.29 is 22.7 Å². The molecule has 1 atom stereocenters. The van der Waals surface area contributed by atoms with Crippen molar-refractivity contribution in [2.24, 2.45) is 16.5 Å². The summed E-state index contributed by atoms with van der Waals surface area (Å²) in [6.45, 7) is 0.669. The Labute approximate surface area is 163 Å². The highest BCUT2D eigenvalue weighted by atomic mass is 19.3. The Bertz CT molecular complexity index is 1070. The number of hydrogen-bond acceptors (Lipinski definition) is 7. The number of pyridine rings is 2. The van der Waals surface area contributed by atoms with Gasteiger partial charge in [0, 0.05) is 11.8 Å². The molecule has 150 valence electrons. The minimum Gasteiger partial charge on any atom is -0.385 e. The first-order valence-corrected chi connectivity index (χ1v) is 8.28. The molecule has 0 unspecified atom stereocenters. The van der Waals surface area contributed by atoms with E-state index in [-0.39, 0.29) is 40.5 Å². The van der Waals surface area contributed by atoms with Gasteiger partial charge in [-0.25, -0.2) is 28.1 Å². The van der Waals surface area contributed by atoms with Crippen LogP contribution in [0.15, 0.2) is 23.3 Å². The lowest BCUT2D eigenvalue weighted by Gasteiger charge is -2.32. The van der Waals surface area contributed by atoms with Crippen LogP contribution in [-0.2, 0) is 10.3 Å². The van der Waals surface area contributed by atoms with Crippen molar-refractivity contribution in [2.75, 3.05) is 13.2 Å². The van der Waals surface area contributed by atoms with Gasteiger partial charge in [-0.15, -0.1) is 0 Å². The van der Waals surface area contributed by atoms with Crippen LogP contribution in [0, 0.1) is 24.1 Å². The van der Waals surface area contributed by atoms with Crippen molar-refractivity contribution in [3.63, 3.8) is 0 Å². The van der Waals surface area contributed by atoms with E-state index in [4.69, 9.17) is 16.2 Å². The summed E-state index contributed by atoms with van der Waals surface area (Å²) in [4.78, 5) is 23.2. The molecule has 3 heterocycles. The number of nitrogens with zero attached hydrogens (tertiary/aromatic N) is 4. The van der Waals surface area contributed by atoms with Crippen LogP contribution in [-0.4, -0.2) is 41.3 Å². The van der Waals surface area contributed by atoms with Gasteiger partial charge in [-0.3, -0.25) is 4.79 Å². The Morgan fingerprint density at radius 2 is 2.14 bits per heavy atom. The molecule has 0 saturated carbocycles. The van der Waals surface area contributed by atoms with E-state index in [1.165, 1.54) is 13.0 Å². The first kappa shape index (κ1) is 20.2. The van der Waals surface area contributed by atoms with Gasteiger partial charge in [0.05, 0.1) is 17.9 Å². The zero-order valence-corrected chi connectivity index (χ0v) is 15.1. The molecular formula is C18H15F3N6O2. The van der Waals surface area contributed by atoms with E-state index < -0.39 is 36.0 Å². The van der Waals surface area contributed by atoms with Crippen LogP contribution in [0.5, 0.6) is 0 Å². The molecule has 1 amide bonds. The van der Waals surface area contributed by atoms with Gasteiger partial charge in [-0.2, -0.15) is 5.26 Å². The fourth-order valence-electron chi connectivity index (χ4n) is 3.13. The second-order valence-corrected chi connectivity index (χ2v) is 6.34. The number of amidine groups is 1. The molecule has 4 N–H and O–H groups in total. The molecule has 0 fully saturated rings. The lowest BCUT2D eigenvalue weighted by atomic mass is 9.93. The molecule has 0 aromatic carbocycles. The number of carbonyl (C=O) groups excluding carboxylic acids is 1. The fraction of sp³-hybridized carbons (Fsp3) is 0.278. The number of ether oxygens (including phenoxy) is 1. The number of amides is 1. The van der Waals surface area contributed by atoms with E-state index in [1.807, 2.05) is 6.07 Å². The van der Waals surface area contributed by atoms with Crippen molar-refractivity contribution in [1.29, 1.82) is 5.26 Å². The van der Waals surface area contributed by atoms with Crippen LogP contribution < -0.4 is 11.5 Å². The Morgan fingerprint density at radius 3 is 2.72 bits per heavy atom. The summed E-state index contributed by atoms with van der Waals surface area (Å²) in [6.07, 6.45) is -2.07. The highest BCUT2D eigenvalue weighted by Crippen LogP contribution is 2.37. The largest absolute Gasteiger partial charge is 0.385 e. The molecule has 29 heavy (non-hydrogen) atoms. The Kier molecular flexibility index (Phi) is 5.21. The summed E-state index contributed by atoms with van der Waals surface area (Å²) in [5.41, 5.74) is 7.88. The Hall–Kier alpha value is -3.52. The molecule has 0 spiro atoms. The number of carbonyl (C=O) groups is 1. The number of alkyl halides is 2. The highest BCUT2D eigenvalue weighted by molar-refractivity contribution is 5.94. The van der Waals surface area contributed by atoms with E-state index in [1.54, 1.807) is 0 Å². The topological polar surface area (TPSA) is 140 Å². The number of aromatic nitrogens is 2. The molecule has 2 aromatic heterocycles. The quantitative estimate of drug-likeness (QED) is 0.789. The van der Waals surface area contributed by atoms with Gasteiger partial charge < -0.3 is 16.2 Å². The van der Waals surface area contributed by atoms with Crippen LogP contribution in [0.1, 0.15) is 27.3 Å². The average Bonchev–Trinajstić information content (AvgIpc) is 2.67. The van der Waals surface area contributed by atoms with E-state index >= 15 is 0 Å². The van der Waals surface area contributed by atoms with E-state index in [0.29, 0.717) is 0 Å². The summed E-state index contributed by atoms with van der Waals surface area (Å²) in [5, 5.41) is 9.39. The number of nitrogens with two attached hydrogens (primary N) is 2. The summed E-state index contributed by atoms with van der Waals surface area (Å²) >= 11 is 0. The van der Waals surface area contributed by atoms with Gasteiger partial charge in [0.2, 0.25) is 0 Å². The van der Waals surface area contributed by atoms with E-state index in [0.717, 1.165) is 12.3 Å². The zero-order valence-electron chi connectivity index (χ0n) is 15.1. The van der Waals surface area contributed by atoms with Crippen molar-refractivity contribution in [1.82, 2.24) is 9.97 Å². The molecule has 3 rings (SSSR count). The molecular weight excluding hydrogens is 389 g/mol. The van der Waals surface area contributed by atoms with Crippen molar-refractivity contribution in [2.45, 2.75) is 18.9 Å². The molecule has 0 aliphatic carbocycles. The third-order valence-corrected chi connectivity index (χ3v) is 4.46. The maximum Gasteiger partial charge on any atom is 0.271 e. The number of hydrogen-bond donors (Lipinski definition) is 2. The number of aliphatic imine (C=N–C) groups is 1. The van der Waals surface area contributed by atoms with Crippen molar-refractivity contribution >= 4 is 11.7 Å². The monoisotopic (exact) mass is 404 g/mol. The molecule has 2 aromatic rings. The molecule has 1 aliphatic heterocycles. The molecule has 1 aliphatic rings. The summed E-state index contributed by atoms with van der Waals surface area (Å²) in [6, 6.07) is 4.01. The Morgan fingerprint density at radius 1 is 1.41 bits per heavy atom. The van der Waals surface area contributed by atoms with Gasteiger partial charge in [-0.05, 0) is 24.6 Å². The minimum absolute atomic E-state index is 0.00608. The van der Waals surface area contributed by atoms with Gasteiger partial charge in [-0.1, -0.05) is 0 Å². The van der Waals surface area contributed by atoms with E-state index in [9.17, 15) is 23.2 Å². The van der Waals surface area contributed by atoms with Crippen molar-refractivity contribution in [3.05, 3.63) is 46.7 Å². The third kappa shape index (κ3) is 3.38. The second-order valence-electron chi connectivity index (χ2n) is 6.34. The number of halogens is 3. The predicted molar refractivity (Wildman–Crippen MR) is 95.5 cm³/mol. The van der Waals surface area contributed by atoms with Gasteiger partial charge in [0.15, 0.2) is 5.54 Å². The standard InChI is InChI=1S/C18H15F3N6O2/c1-8-13(9(4-22)5-25-14(8)16(24)28)11-3-2-10(19)15(26-11)18(17(20)21)7-29-6-12(23)27-18/h2-3,5,17H,6-7H2,1H3,(H2,23,27)(H2,24,28)/t18-/m0/s1. The third-order valence-electron chi connectivity index (χ3n) is 4.46. The first-order chi connectivity index (χ1) is 13.7. The van der Waals surface area contributed by atoms with Crippen LogP contribution in [0.2, 0.25) is 0 Å². The first-order valence-electron chi connectivity index (χ1n) is 8.28. The SMILES string of the molecule is Cc1c(C(N)=O)ncc(C#N)c1-c1ccc(F)c([C@]2(C(F)F)COCC(N)=N2)n1. The normalized spacial score (nSPS) is 19.0. The predicted octanol–water partition coefficient (Wildman–Crippen LogP) is 1.41. The molecule has 0 bridgehead atoms. The molecule has 0 radical (unpaired) electrons. The average molecular weight is 404 g/mol.